The Labute approximate surface area is 148 Å². The van der Waals surface area contributed by atoms with Gasteiger partial charge in [0.15, 0.2) is 5.82 Å². The van der Waals surface area contributed by atoms with Crippen LogP contribution in [0.25, 0.3) is 11.4 Å². The molecule has 126 valence electrons. The first kappa shape index (κ1) is 15.8. The number of nitrogens with zero attached hydrogens (tertiary/aromatic N) is 4. The van der Waals surface area contributed by atoms with E-state index in [4.69, 9.17) is 9.84 Å². The Bertz CT molecular complexity index is 952. The standard InChI is InChI=1S/C18H15FN4OS/c1-11-16(12-6-8-14(19)9-7-12)22-23-17(20-21-18(23)25-11)13-4-3-5-15(10-13)24-2/h3-11H,1-2H3/t11-/m0/s1. The molecule has 2 heterocycles. The highest BCUT2D eigenvalue weighted by Crippen LogP contribution is 2.33. The van der Waals surface area contributed by atoms with Gasteiger partial charge < -0.3 is 4.74 Å². The fraction of sp³-hybridized carbons (Fsp3) is 0.167. The molecule has 1 atom stereocenters. The molecule has 0 saturated heterocycles. The van der Waals surface area contributed by atoms with Crippen molar-refractivity contribution < 1.29 is 9.13 Å². The van der Waals surface area contributed by atoms with Crippen LogP contribution in [0.4, 0.5) is 4.39 Å². The van der Waals surface area contributed by atoms with Crippen LogP contribution in [-0.2, 0) is 0 Å². The van der Waals surface area contributed by atoms with Crippen LogP contribution >= 0.6 is 11.8 Å². The van der Waals surface area contributed by atoms with Gasteiger partial charge in [0, 0.05) is 5.56 Å². The monoisotopic (exact) mass is 354 g/mol. The summed E-state index contributed by atoms with van der Waals surface area (Å²) in [5.41, 5.74) is 2.62. The van der Waals surface area contributed by atoms with E-state index in [9.17, 15) is 4.39 Å². The van der Waals surface area contributed by atoms with Crippen molar-refractivity contribution in [1.29, 1.82) is 0 Å². The van der Waals surface area contributed by atoms with Crippen molar-refractivity contribution >= 4 is 17.5 Å². The van der Waals surface area contributed by atoms with E-state index < -0.39 is 0 Å². The van der Waals surface area contributed by atoms with Gasteiger partial charge >= 0.3 is 0 Å². The molecule has 0 bridgehead atoms. The number of halogens is 1. The van der Waals surface area contributed by atoms with Crippen molar-refractivity contribution in [3.05, 3.63) is 59.9 Å². The van der Waals surface area contributed by atoms with Crippen LogP contribution in [0.15, 0.2) is 58.8 Å². The van der Waals surface area contributed by atoms with Crippen LogP contribution < -0.4 is 4.74 Å². The molecular weight excluding hydrogens is 339 g/mol. The number of thioether (sulfide) groups is 1. The molecule has 0 unspecified atom stereocenters. The average molecular weight is 354 g/mol. The number of hydrogen-bond donors (Lipinski definition) is 0. The zero-order chi connectivity index (χ0) is 17.4. The quantitative estimate of drug-likeness (QED) is 0.717. The summed E-state index contributed by atoms with van der Waals surface area (Å²) in [4.78, 5) is 0. The molecule has 0 aliphatic carbocycles. The maximum absolute atomic E-state index is 13.2. The van der Waals surface area contributed by atoms with Crippen molar-refractivity contribution in [1.82, 2.24) is 14.9 Å². The summed E-state index contributed by atoms with van der Waals surface area (Å²) in [6, 6.07) is 14.0. The first-order valence-corrected chi connectivity index (χ1v) is 8.65. The highest BCUT2D eigenvalue weighted by atomic mass is 32.2. The summed E-state index contributed by atoms with van der Waals surface area (Å²) in [7, 11) is 1.63. The highest BCUT2D eigenvalue weighted by Gasteiger charge is 2.26. The third-order valence-electron chi connectivity index (χ3n) is 3.95. The Hall–Kier alpha value is -2.67. The predicted molar refractivity (Wildman–Crippen MR) is 95.7 cm³/mol. The van der Waals surface area contributed by atoms with Crippen molar-refractivity contribution in [2.45, 2.75) is 17.3 Å². The average Bonchev–Trinajstić information content (AvgIpc) is 3.04. The van der Waals surface area contributed by atoms with Gasteiger partial charge in [-0.05, 0) is 36.8 Å². The van der Waals surface area contributed by atoms with Gasteiger partial charge in [-0.2, -0.15) is 9.78 Å². The second kappa shape index (κ2) is 6.33. The highest BCUT2D eigenvalue weighted by molar-refractivity contribution is 8.00. The lowest BCUT2D eigenvalue weighted by molar-refractivity contribution is 0.415. The molecule has 0 spiro atoms. The Kier molecular flexibility index (Phi) is 4.01. The van der Waals surface area contributed by atoms with Crippen LogP contribution in [0, 0.1) is 5.82 Å². The van der Waals surface area contributed by atoms with Crippen LogP contribution in [-0.4, -0.2) is 32.9 Å². The van der Waals surface area contributed by atoms with E-state index in [1.807, 2.05) is 24.3 Å². The molecule has 7 heteroatoms. The molecular formula is C18H15FN4OS. The van der Waals surface area contributed by atoms with Crippen LogP contribution in [0.2, 0.25) is 0 Å². The second-order valence-corrected chi connectivity index (χ2v) is 6.91. The Balaban J connectivity index is 1.81. The Morgan fingerprint density at radius 2 is 1.88 bits per heavy atom. The molecule has 0 amide bonds. The Morgan fingerprint density at radius 3 is 2.64 bits per heavy atom. The molecule has 0 fully saturated rings. The van der Waals surface area contributed by atoms with E-state index in [-0.39, 0.29) is 11.1 Å². The SMILES string of the molecule is COc1cccc(-c2nnc3n2N=C(c2ccc(F)cc2)[C@H](C)S3)c1. The number of aromatic nitrogens is 3. The van der Waals surface area contributed by atoms with Crippen molar-refractivity contribution in [3.63, 3.8) is 0 Å². The summed E-state index contributed by atoms with van der Waals surface area (Å²) in [5, 5.41) is 14.1. The second-order valence-electron chi connectivity index (χ2n) is 5.60. The van der Waals surface area contributed by atoms with E-state index >= 15 is 0 Å². The number of rotatable bonds is 3. The molecule has 0 radical (unpaired) electrons. The fourth-order valence-electron chi connectivity index (χ4n) is 2.69. The lowest BCUT2D eigenvalue weighted by Crippen LogP contribution is -2.21. The van der Waals surface area contributed by atoms with Gasteiger partial charge in [-0.15, -0.1) is 10.2 Å². The number of ether oxygens (including phenoxy) is 1. The van der Waals surface area contributed by atoms with E-state index in [0.717, 1.165) is 27.7 Å². The van der Waals surface area contributed by atoms with Gasteiger partial charge in [0.25, 0.3) is 0 Å². The van der Waals surface area contributed by atoms with Crippen LogP contribution in [0.3, 0.4) is 0 Å². The lowest BCUT2D eigenvalue weighted by Gasteiger charge is -2.20. The molecule has 4 rings (SSSR count). The van der Waals surface area contributed by atoms with Gasteiger partial charge in [0.05, 0.1) is 18.1 Å². The molecule has 2 aromatic carbocycles. The summed E-state index contributed by atoms with van der Waals surface area (Å²) in [6.07, 6.45) is 0. The zero-order valence-electron chi connectivity index (χ0n) is 13.7. The minimum absolute atomic E-state index is 0.0975. The largest absolute Gasteiger partial charge is 0.497 e. The molecule has 25 heavy (non-hydrogen) atoms. The third-order valence-corrected chi connectivity index (χ3v) is 5.00. The van der Waals surface area contributed by atoms with Crippen molar-refractivity contribution in [2.24, 2.45) is 5.10 Å². The molecule has 1 aliphatic heterocycles. The number of benzene rings is 2. The zero-order valence-corrected chi connectivity index (χ0v) is 14.5. The first-order chi connectivity index (χ1) is 12.2. The molecule has 1 aromatic heterocycles. The molecule has 0 N–H and O–H groups in total. The summed E-state index contributed by atoms with van der Waals surface area (Å²) >= 11 is 1.58. The molecule has 5 nitrogen and oxygen atoms in total. The maximum atomic E-state index is 13.2. The van der Waals surface area contributed by atoms with Crippen molar-refractivity contribution in [3.8, 4) is 17.1 Å². The molecule has 3 aromatic rings. The van der Waals surface area contributed by atoms with E-state index in [0.29, 0.717) is 5.82 Å². The fourth-order valence-corrected chi connectivity index (χ4v) is 3.61. The maximum Gasteiger partial charge on any atom is 0.213 e. The minimum Gasteiger partial charge on any atom is -0.497 e. The third kappa shape index (κ3) is 2.91. The lowest BCUT2D eigenvalue weighted by atomic mass is 10.1. The summed E-state index contributed by atoms with van der Waals surface area (Å²) < 4.78 is 20.2. The van der Waals surface area contributed by atoms with Crippen LogP contribution in [0.5, 0.6) is 5.75 Å². The van der Waals surface area contributed by atoms with Crippen LogP contribution in [0.1, 0.15) is 12.5 Å². The Morgan fingerprint density at radius 1 is 1.08 bits per heavy atom. The molecule has 1 aliphatic rings. The normalized spacial score (nSPS) is 16.3. The molecule has 0 saturated carbocycles. The first-order valence-electron chi connectivity index (χ1n) is 7.77. The van der Waals surface area contributed by atoms with E-state index in [1.54, 1.807) is 35.7 Å². The van der Waals surface area contributed by atoms with E-state index in [2.05, 4.69) is 17.1 Å². The number of methoxy groups -OCH3 is 1. The van der Waals surface area contributed by atoms with Crippen molar-refractivity contribution in [2.75, 3.05) is 7.11 Å². The topological polar surface area (TPSA) is 52.3 Å². The smallest absolute Gasteiger partial charge is 0.213 e. The summed E-state index contributed by atoms with van der Waals surface area (Å²) in [5.74, 6) is 1.13. The number of fused-ring (bicyclic) bond motifs is 1. The summed E-state index contributed by atoms with van der Waals surface area (Å²) in [6.45, 7) is 2.05. The number of hydrogen-bond acceptors (Lipinski definition) is 5. The van der Waals surface area contributed by atoms with Gasteiger partial charge in [-0.3, -0.25) is 0 Å². The minimum atomic E-state index is -0.262. The van der Waals surface area contributed by atoms with Gasteiger partial charge in [0.2, 0.25) is 5.16 Å². The van der Waals surface area contributed by atoms with Gasteiger partial charge in [-0.1, -0.05) is 36.0 Å². The van der Waals surface area contributed by atoms with Gasteiger partial charge in [0.1, 0.15) is 11.6 Å². The predicted octanol–water partition coefficient (Wildman–Crippen LogP) is 3.84. The van der Waals surface area contributed by atoms with E-state index in [1.165, 1.54) is 12.1 Å². The van der Waals surface area contributed by atoms with Gasteiger partial charge in [-0.25, -0.2) is 4.39 Å².